The van der Waals surface area contributed by atoms with E-state index in [9.17, 15) is 9.90 Å². The Morgan fingerprint density at radius 2 is 1.90 bits per heavy atom. The standard InChI is InChI=1S/C8H16O2/c1-6(2)4-8(10)7(3)5-9/h5-8,10H,4H2,1-3H3/t7-,8+/m1/s1. The van der Waals surface area contributed by atoms with Crippen LogP contribution in [-0.4, -0.2) is 17.5 Å². The smallest absolute Gasteiger partial charge is 0.125 e. The third-order valence-corrected chi connectivity index (χ3v) is 1.53. The zero-order valence-corrected chi connectivity index (χ0v) is 6.87. The van der Waals surface area contributed by atoms with Crippen molar-refractivity contribution in [3.8, 4) is 0 Å². The second-order valence-electron chi connectivity index (χ2n) is 3.19. The molecule has 0 rings (SSSR count). The van der Waals surface area contributed by atoms with Crippen LogP contribution in [0.3, 0.4) is 0 Å². The van der Waals surface area contributed by atoms with Crippen molar-refractivity contribution in [1.29, 1.82) is 0 Å². The molecule has 0 aromatic carbocycles. The summed E-state index contributed by atoms with van der Waals surface area (Å²) in [4.78, 5) is 10.2. The maximum Gasteiger partial charge on any atom is 0.125 e. The predicted molar refractivity (Wildman–Crippen MR) is 40.7 cm³/mol. The molecular weight excluding hydrogens is 128 g/mol. The maximum absolute atomic E-state index is 10.2. The van der Waals surface area contributed by atoms with Crippen LogP contribution >= 0.6 is 0 Å². The highest BCUT2D eigenvalue weighted by atomic mass is 16.3. The molecule has 0 amide bonds. The summed E-state index contributed by atoms with van der Waals surface area (Å²) in [5.74, 6) is 0.236. The zero-order chi connectivity index (χ0) is 8.15. The number of hydrogen-bond acceptors (Lipinski definition) is 2. The lowest BCUT2D eigenvalue weighted by Crippen LogP contribution is -2.20. The third-order valence-electron chi connectivity index (χ3n) is 1.53. The summed E-state index contributed by atoms with van der Waals surface area (Å²) < 4.78 is 0. The minimum atomic E-state index is -0.461. The van der Waals surface area contributed by atoms with Crippen molar-refractivity contribution in [2.75, 3.05) is 0 Å². The van der Waals surface area contributed by atoms with Gasteiger partial charge in [0.05, 0.1) is 6.10 Å². The average molecular weight is 144 g/mol. The van der Waals surface area contributed by atoms with Crippen molar-refractivity contribution in [2.45, 2.75) is 33.3 Å². The van der Waals surface area contributed by atoms with E-state index < -0.39 is 6.10 Å². The first-order valence-corrected chi connectivity index (χ1v) is 3.71. The van der Waals surface area contributed by atoms with Crippen LogP contribution < -0.4 is 0 Å². The fraction of sp³-hybridized carbons (Fsp3) is 0.875. The monoisotopic (exact) mass is 144 g/mol. The van der Waals surface area contributed by atoms with Crippen LogP contribution in [0, 0.1) is 11.8 Å². The van der Waals surface area contributed by atoms with Gasteiger partial charge in [0.1, 0.15) is 6.29 Å². The molecule has 0 heterocycles. The third kappa shape index (κ3) is 3.62. The van der Waals surface area contributed by atoms with Gasteiger partial charge in [-0.25, -0.2) is 0 Å². The van der Waals surface area contributed by atoms with E-state index in [1.807, 2.05) is 13.8 Å². The largest absolute Gasteiger partial charge is 0.392 e. The molecule has 0 saturated heterocycles. The number of aliphatic hydroxyl groups excluding tert-OH is 1. The van der Waals surface area contributed by atoms with Crippen LogP contribution in [0.4, 0.5) is 0 Å². The molecule has 1 N–H and O–H groups in total. The van der Waals surface area contributed by atoms with Gasteiger partial charge in [-0.05, 0) is 12.3 Å². The first kappa shape index (κ1) is 9.63. The van der Waals surface area contributed by atoms with Crippen LogP contribution in [0.2, 0.25) is 0 Å². The lowest BCUT2D eigenvalue weighted by molar-refractivity contribution is -0.113. The molecule has 0 aliphatic carbocycles. The van der Waals surface area contributed by atoms with Crippen LogP contribution in [0.1, 0.15) is 27.2 Å². The predicted octanol–water partition coefficient (Wildman–Crippen LogP) is 1.23. The van der Waals surface area contributed by atoms with Crippen LogP contribution in [-0.2, 0) is 4.79 Å². The number of rotatable bonds is 4. The van der Waals surface area contributed by atoms with Crippen LogP contribution in [0.5, 0.6) is 0 Å². The molecule has 0 bridgehead atoms. The van der Waals surface area contributed by atoms with Gasteiger partial charge in [-0.3, -0.25) is 0 Å². The molecule has 0 aliphatic heterocycles. The van der Waals surface area contributed by atoms with Gasteiger partial charge in [0, 0.05) is 5.92 Å². The van der Waals surface area contributed by atoms with E-state index in [1.54, 1.807) is 6.92 Å². The number of aldehydes is 1. The fourth-order valence-corrected chi connectivity index (χ4v) is 0.788. The Labute approximate surface area is 62.2 Å². The summed E-state index contributed by atoms with van der Waals surface area (Å²) in [5.41, 5.74) is 0. The number of carbonyl (C=O) groups is 1. The summed E-state index contributed by atoms with van der Waals surface area (Å²) >= 11 is 0. The van der Waals surface area contributed by atoms with E-state index in [0.717, 1.165) is 6.29 Å². The van der Waals surface area contributed by atoms with Gasteiger partial charge in [0.25, 0.3) is 0 Å². The van der Waals surface area contributed by atoms with E-state index in [0.29, 0.717) is 12.3 Å². The molecule has 0 aromatic heterocycles. The summed E-state index contributed by atoms with van der Waals surface area (Å²) in [6.07, 6.45) is 1.05. The number of hydrogen-bond donors (Lipinski definition) is 1. The summed E-state index contributed by atoms with van der Waals surface area (Å²) in [5, 5.41) is 9.26. The molecule has 0 spiro atoms. The Morgan fingerprint density at radius 3 is 2.20 bits per heavy atom. The van der Waals surface area contributed by atoms with Crippen LogP contribution in [0.25, 0.3) is 0 Å². The van der Waals surface area contributed by atoms with E-state index >= 15 is 0 Å². The normalized spacial score (nSPS) is 16.9. The Balaban J connectivity index is 3.60. The van der Waals surface area contributed by atoms with Crippen LogP contribution in [0.15, 0.2) is 0 Å². The maximum atomic E-state index is 10.2. The Bertz CT molecular complexity index is 99.4. The Kier molecular flexibility index (Phi) is 4.28. The van der Waals surface area contributed by atoms with Crippen molar-refractivity contribution in [1.82, 2.24) is 0 Å². The van der Waals surface area contributed by atoms with Crippen molar-refractivity contribution >= 4 is 6.29 Å². The van der Waals surface area contributed by atoms with Gasteiger partial charge >= 0.3 is 0 Å². The summed E-state index contributed by atoms with van der Waals surface area (Å²) in [6, 6.07) is 0. The zero-order valence-electron chi connectivity index (χ0n) is 6.87. The minimum absolute atomic E-state index is 0.220. The topological polar surface area (TPSA) is 37.3 Å². The first-order chi connectivity index (χ1) is 4.57. The van der Waals surface area contributed by atoms with Crippen molar-refractivity contribution in [2.24, 2.45) is 11.8 Å². The fourth-order valence-electron chi connectivity index (χ4n) is 0.788. The first-order valence-electron chi connectivity index (χ1n) is 3.71. The molecule has 0 radical (unpaired) electrons. The summed E-state index contributed by atoms with van der Waals surface area (Å²) in [6.45, 7) is 5.79. The van der Waals surface area contributed by atoms with E-state index in [-0.39, 0.29) is 5.92 Å². The lowest BCUT2D eigenvalue weighted by Gasteiger charge is -2.14. The molecule has 10 heavy (non-hydrogen) atoms. The van der Waals surface area contributed by atoms with E-state index in [2.05, 4.69) is 0 Å². The molecule has 2 heteroatoms. The number of aliphatic hydroxyl groups is 1. The quantitative estimate of drug-likeness (QED) is 0.602. The van der Waals surface area contributed by atoms with Crippen molar-refractivity contribution < 1.29 is 9.90 Å². The van der Waals surface area contributed by atoms with Gasteiger partial charge in [0.15, 0.2) is 0 Å². The summed E-state index contributed by atoms with van der Waals surface area (Å²) in [7, 11) is 0. The molecular formula is C8H16O2. The highest BCUT2D eigenvalue weighted by molar-refractivity contribution is 5.53. The minimum Gasteiger partial charge on any atom is -0.392 e. The molecule has 0 unspecified atom stereocenters. The van der Waals surface area contributed by atoms with Gasteiger partial charge in [-0.15, -0.1) is 0 Å². The SMILES string of the molecule is CC(C)C[C@H](O)[C@H](C)C=O. The molecule has 2 atom stereocenters. The molecule has 0 aliphatic rings. The highest BCUT2D eigenvalue weighted by Crippen LogP contribution is 2.10. The van der Waals surface area contributed by atoms with Gasteiger partial charge in [-0.2, -0.15) is 0 Å². The molecule has 0 aromatic rings. The molecule has 2 nitrogen and oxygen atoms in total. The second-order valence-corrected chi connectivity index (χ2v) is 3.19. The van der Waals surface area contributed by atoms with Gasteiger partial charge in [-0.1, -0.05) is 20.8 Å². The van der Waals surface area contributed by atoms with E-state index in [1.165, 1.54) is 0 Å². The average Bonchev–Trinajstić information content (AvgIpc) is 1.85. The Hall–Kier alpha value is -0.370. The van der Waals surface area contributed by atoms with Crippen molar-refractivity contribution in [3.63, 3.8) is 0 Å². The lowest BCUT2D eigenvalue weighted by atomic mass is 9.97. The van der Waals surface area contributed by atoms with Gasteiger partial charge in [0.2, 0.25) is 0 Å². The highest BCUT2D eigenvalue weighted by Gasteiger charge is 2.13. The molecule has 60 valence electrons. The second kappa shape index (κ2) is 4.45. The molecule has 0 fully saturated rings. The van der Waals surface area contributed by atoms with Gasteiger partial charge < -0.3 is 9.90 Å². The number of carbonyl (C=O) groups excluding carboxylic acids is 1. The van der Waals surface area contributed by atoms with Crippen molar-refractivity contribution in [3.05, 3.63) is 0 Å². The molecule has 0 saturated carbocycles. The Morgan fingerprint density at radius 1 is 1.40 bits per heavy atom. The van der Waals surface area contributed by atoms with E-state index in [4.69, 9.17) is 0 Å².